The first kappa shape index (κ1) is 22.3. The van der Waals surface area contributed by atoms with Crippen LogP contribution in [-0.2, 0) is 11.2 Å². The topological polar surface area (TPSA) is 65.8 Å². The Morgan fingerprint density at radius 3 is 2.12 bits per heavy atom. The summed E-state index contributed by atoms with van der Waals surface area (Å²) in [6, 6.07) is 34.0. The van der Waals surface area contributed by atoms with Gasteiger partial charge in [0.2, 0.25) is 5.91 Å². The highest BCUT2D eigenvalue weighted by Crippen LogP contribution is 2.34. The molecule has 0 spiro atoms. The zero-order valence-corrected chi connectivity index (χ0v) is 18.9. The number of nitriles is 1. The molecule has 4 rings (SSSR count). The van der Waals surface area contributed by atoms with Gasteiger partial charge in [-0.15, -0.1) is 0 Å². The Balaban J connectivity index is 1.55. The van der Waals surface area contributed by atoms with E-state index in [0.717, 1.165) is 28.8 Å². The van der Waals surface area contributed by atoms with E-state index in [-0.39, 0.29) is 11.7 Å². The lowest BCUT2D eigenvalue weighted by Gasteiger charge is -2.13. The van der Waals surface area contributed by atoms with E-state index in [0.29, 0.717) is 17.1 Å². The smallest absolute Gasteiger partial charge is 0.230 e. The number of rotatable bonds is 8. The van der Waals surface area contributed by atoms with E-state index in [1.54, 1.807) is 0 Å². The molecule has 162 valence electrons. The molecule has 33 heavy (non-hydrogen) atoms. The minimum absolute atomic E-state index is 0.0759. The number of benzene rings is 3. The minimum atomic E-state index is -0.0759. The standard InChI is InChI=1S/C28H23N3OS/c29-19-25-24(22-12-6-2-7-13-22)18-26(23-14-8-3-9-15-23)31-28(25)33-20-27(32)30-17-16-21-10-4-1-5-11-21/h1-15,18H,16-17,20H2,(H,30,32). The maximum Gasteiger partial charge on any atom is 0.230 e. The van der Waals surface area contributed by atoms with Crippen LogP contribution in [0.15, 0.2) is 102 Å². The summed E-state index contributed by atoms with van der Waals surface area (Å²) < 4.78 is 0. The monoisotopic (exact) mass is 449 g/mol. The molecular weight excluding hydrogens is 426 g/mol. The lowest BCUT2D eigenvalue weighted by molar-refractivity contribution is -0.118. The molecule has 1 N–H and O–H groups in total. The second-order valence-electron chi connectivity index (χ2n) is 7.45. The average molecular weight is 450 g/mol. The molecule has 0 radical (unpaired) electrons. The van der Waals surface area contributed by atoms with Crippen LogP contribution in [0.4, 0.5) is 0 Å². The summed E-state index contributed by atoms with van der Waals surface area (Å²) in [5, 5.41) is 13.5. The molecule has 3 aromatic carbocycles. The van der Waals surface area contributed by atoms with Gasteiger partial charge in [-0.1, -0.05) is 103 Å². The third-order valence-corrected chi connectivity index (χ3v) is 6.15. The van der Waals surface area contributed by atoms with Gasteiger partial charge in [0, 0.05) is 17.7 Å². The lowest BCUT2D eigenvalue weighted by atomic mass is 9.99. The third kappa shape index (κ3) is 5.88. The van der Waals surface area contributed by atoms with Crippen molar-refractivity contribution < 1.29 is 4.79 Å². The molecule has 1 heterocycles. The van der Waals surface area contributed by atoms with Crippen molar-refractivity contribution in [2.75, 3.05) is 12.3 Å². The zero-order chi connectivity index (χ0) is 22.9. The first-order valence-corrected chi connectivity index (χ1v) is 11.7. The molecule has 1 amide bonds. The second-order valence-corrected chi connectivity index (χ2v) is 8.42. The van der Waals surface area contributed by atoms with E-state index in [2.05, 4.69) is 11.4 Å². The number of thioether (sulfide) groups is 1. The number of pyridine rings is 1. The number of nitrogens with one attached hydrogen (secondary N) is 1. The predicted molar refractivity (Wildman–Crippen MR) is 134 cm³/mol. The molecule has 0 saturated heterocycles. The van der Waals surface area contributed by atoms with E-state index < -0.39 is 0 Å². The maximum atomic E-state index is 12.5. The van der Waals surface area contributed by atoms with Gasteiger partial charge in [-0.25, -0.2) is 4.98 Å². The Morgan fingerprint density at radius 2 is 1.48 bits per heavy atom. The first-order chi connectivity index (χ1) is 16.2. The number of hydrogen-bond acceptors (Lipinski definition) is 4. The molecule has 0 aliphatic rings. The molecule has 0 aliphatic heterocycles. The van der Waals surface area contributed by atoms with E-state index in [1.165, 1.54) is 17.3 Å². The van der Waals surface area contributed by atoms with Gasteiger partial charge < -0.3 is 5.32 Å². The molecule has 4 aromatic rings. The largest absolute Gasteiger partial charge is 0.355 e. The quantitative estimate of drug-likeness (QED) is 0.349. The molecule has 0 saturated carbocycles. The summed E-state index contributed by atoms with van der Waals surface area (Å²) in [5.74, 6) is 0.121. The normalized spacial score (nSPS) is 10.4. The zero-order valence-electron chi connectivity index (χ0n) is 18.1. The third-order valence-electron chi connectivity index (χ3n) is 5.17. The molecule has 0 bridgehead atoms. The molecule has 0 fully saturated rings. The van der Waals surface area contributed by atoms with E-state index in [4.69, 9.17) is 4.98 Å². The van der Waals surface area contributed by atoms with Crippen molar-refractivity contribution in [3.63, 3.8) is 0 Å². The molecule has 5 heteroatoms. The highest BCUT2D eigenvalue weighted by atomic mass is 32.2. The van der Waals surface area contributed by atoms with E-state index in [1.807, 2.05) is 97.1 Å². The summed E-state index contributed by atoms with van der Waals surface area (Å²) in [5.41, 5.74) is 5.18. The Kier molecular flexibility index (Phi) is 7.52. The van der Waals surface area contributed by atoms with Crippen LogP contribution in [-0.4, -0.2) is 23.2 Å². The summed E-state index contributed by atoms with van der Waals surface area (Å²) in [6.07, 6.45) is 0.778. The fourth-order valence-electron chi connectivity index (χ4n) is 3.51. The van der Waals surface area contributed by atoms with Crippen molar-refractivity contribution in [3.8, 4) is 28.5 Å². The maximum absolute atomic E-state index is 12.5. The van der Waals surface area contributed by atoms with Crippen LogP contribution >= 0.6 is 11.8 Å². The Bertz CT molecular complexity index is 1250. The molecule has 0 aliphatic carbocycles. The highest BCUT2D eigenvalue weighted by Gasteiger charge is 2.17. The van der Waals surface area contributed by atoms with Gasteiger partial charge in [0.25, 0.3) is 0 Å². The number of amides is 1. The first-order valence-electron chi connectivity index (χ1n) is 10.7. The van der Waals surface area contributed by atoms with Crippen LogP contribution in [0, 0.1) is 11.3 Å². The van der Waals surface area contributed by atoms with Crippen LogP contribution in [0.3, 0.4) is 0 Å². The van der Waals surface area contributed by atoms with Gasteiger partial charge >= 0.3 is 0 Å². The van der Waals surface area contributed by atoms with E-state index >= 15 is 0 Å². The molecular formula is C28H23N3OS. The molecule has 0 unspecified atom stereocenters. The van der Waals surface area contributed by atoms with Crippen LogP contribution in [0.1, 0.15) is 11.1 Å². The van der Waals surface area contributed by atoms with Gasteiger partial charge in [-0.3, -0.25) is 4.79 Å². The van der Waals surface area contributed by atoms with Crippen molar-refractivity contribution in [1.29, 1.82) is 5.26 Å². The fraction of sp³-hybridized carbons (Fsp3) is 0.107. The van der Waals surface area contributed by atoms with Crippen LogP contribution < -0.4 is 5.32 Å². The second kappa shape index (κ2) is 11.1. The van der Waals surface area contributed by atoms with E-state index in [9.17, 15) is 10.1 Å². The van der Waals surface area contributed by atoms with Crippen molar-refractivity contribution in [3.05, 3.63) is 108 Å². The number of carbonyl (C=O) groups is 1. The van der Waals surface area contributed by atoms with Crippen LogP contribution in [0.25, 0.3) is 22.4 Å². The SMILES string of the molecule is N#Cc1c(-c2ccccc2)cc(-c2ccccc2)nc1SCC(=O)NCCc1ccccc1. The molecule has 0 atom stereocenters. The van der Waals surface area contributed by atoms with Gasteiger partial charge in [-0.2, -0.15) is 5.26 Å². The number of hydrogen-bond donors (Lipinski definition) is 1. The van der Waals surface area contributed by atoms with Gasteiger partial charge in [0.1, 0.15) is 11.1 Å². The minimum Gasteiger partial charge on any atom is -0.355 e. The van der Waals surface area contributed by atoms with Crippen molar-refractivity contribution >= 4 is 17.7 Å². The van der Waals surface area contributed by atoms with Crippen molar-refractivity contribution in [2.24, 2.45) is 0 Å². The van der Waals surface area contributed by atoms with Gasteiger partial charge in [0.15, 0.2) is 0 Å². The van der Waals surface area contributed by atoms with Crippen molar-refractivity contribution in [2.45, 2.75) is 11.4 Å². The van der Waals surface area contributed by atoms with Gasteiger partial charge in [0.05, 0.1) is 17.0 Å². The Hall–Kier alpha value is -3.88. The van der Waals surface area contributed by atoms with Crippen molar-refractivity contribution in [1.82, 2.24) is 10.3 Å². The summed E-state index contributed by atoms with van der Waals surface area (Å²) >= 11 is 1.30. The van der Waals surface area contributed by atoms with Crippen LogP contribution in [0.5, 0.6) is 0 Å². The number of aromatic nitrogens is 1. The fourth-order valence-corrected chi connectivity index (χ4v) is 4.34. The van der Waals surface area contributed by atoms with Crippen LogP contribution in [0.2, 0.25) is 0 Å². The predicted octanol–water partition coefficient (Wildman–Crippen LogP) is 5.74. The number of carbonyl (C=O) groups excluding carboxylic acids is 1. The highest BCUT2D eigenvalue weighted by molar-refractivity contribution is 8.00. The molecule has 4 nitrogen and oxygen atoms in total. The summed E-state index contributed by atoms with van der Waals surface area (Å²) in [4.78, 5) is 17.2. The summed E-state index contributed by atoms with van der Waals surface area (Å²) in [6.45, 7) is 0.571. The van der Waals surface area contributed by atoms with Gasteiger partial charge in [-0.05, 0) is 23.6 Å². The number of nitrogens with zero attached hydrogens (tertiary/aromatic N) is 2. The molecule has 1 aromatic heterocycles. The average Bonchev–Trinajstić information content (AvgIpc) is 2.88. The summed E-state index contributed by atoms with van der Waals surface area (Å²) in [7, 11) is 0. The lowest BCUT2D eigenvalue weighted by Crippen LogP contribution is -2.27. The Labute approximate surface area is 198 Å². The Morgan fingerprint density at radius 1 is 0.879 bits per heavy atom.